The maximum atomic E-state index is 11.9. The van der Waals surface area contributed by atoms with E-state index >= 15 is 0 Å². The number of aldehydes is 1. The van der Waals surface area contributed by atoms with E-state index in [9.17, 15) is 4.79 Å². The highest BCUT2D eigenvalue weighted by Crippen LogP contribution is 2.40. The highest BCUT2D eigenvalue weighted by atomic mass is 79.9. The summed E-state index contributed by atoms with van der Waals surface area (Å²) in [5.74, 6) is 1.45. The number of nitrogens with zero attached hydrogens (tertiary/aromatic N) is 6. The second-order valence-corrected chi connectivity index (χ2v) is 12.7. The number of tetrazole rings is 1. The number of carbonyl (C=O) groups excluding carboxylic acids is 1. The minimum atomic E-state index is -0.857. The van der Waals surface area contributed by atoms with Crippen molar-refractivity contribution < 1.29 is 4.79 Å². The average Bonchev–Trinajstić information content (AvgIpc) is 3.77. The van der Waals surface area contributed by atoms with Crippen molar-refractivity contribution in [1.82, 2.24) is 29.8 Å². The molecule has 0 aliphatic heterocycles. The zero-order valence-corrected chi connectivity index (χ0v) is 28.7. The van der Waals surface area contributed by atoms with Gasteiger partial charge < -0.3 is 4.57 Å². The molecule has 0 unspecified atom stereocenters. The van der Waals surface area contributed by atoms with Gasteiger partial charge in [0, 0.05) is 18.5 Å². The van der Waals surface area contributed by atoms with Crippen molar-refractivity contribution in [2.75, 3.05) is 0 Å². The number of aromatic nitrogens is 6. The molecule has 0 atom stereocenters. The number of halogens is 1. The van der Waals surface area contributed by atoms with Gasteiger partial charge in [-0.05, 0) is 60.9 Å². The Bertz CT molecular complexity index is 2060. The molecule has 7 aromatic rings. The van der Waals surface area contributed by atoms with Gasteiger partial charge in [-0.25, -0.2) is 4.98 Å². The highest BCUT2D eigenvalue weighted by Gasteiger charge is 2.41. The van der Waals surface area contributed by atoms with E-state index in [0.717, 1.165) is 70.3 Å². The van der Waals surface area contributed by atoms with E-state index in [2.05, 4.69) is 94.6 Å². The van der Waals surface area contributed by atoms with Crippen molar-refractivity contribution in [2.45, 2.75) is 38.3 Å². The molecular formula is C41H35BrN6O. The number of aryl methyl sites for hydroxylation is 1. The summed E-state index contributed by atoms with van der Waals surface area (Å²) in [6, 6.07) is 47.6. The SMILES string of the molecule is CCCCc1nc(Br)c(C=O)n1Cc1ccc(-c2ccccc2-c2nnn(C(c3ccccc3)(c3ccccc3)c3ccccc3)n2)cc1. The third-order valence-electron chi connectivity index (χ3n) is 8.97. The monoisotopic (exact) mass is 706 g/mol. The molecule has 0 radical (unpaired) electrons. The predicted octanol–water partition coefficient (Wildman–Crippen LogP) is 9.01. The van der Waals surface area contributed by atoms with Gasteiger partial charge in [-0.2, -0.15) is 0 Å². The average molecular weight is 708 g/mol. The van der Waals surface area contributed by atoms with Gasteiger partial charge in [-0.15, -0.1) is 15.0 Å². The van der Waals surface area contributed by atoms with E-state index in [0.29, 0.717) is 22.7 Å². The van der Waals surface area contributed by atoms with Crippen molar-refractivity contribution >= 4 is 22.2 Å². The summed E-state index contributed by atoms with van der Waals surface area (Å²) in [7, 11) is 0. The number of imidazole rings is 1. The molecule has 0 amide bonds. The Labute approximate surface area is 294 Å². The maximum absolute atomic E-state index is 11.9. The van der Waals surface area contributed by atoms with Crippen LogP contribution in [0.5, 0.6) is 0 Å². The van der Waals surface area contributed by atoms with E-state index in [1.807, 2.05) is 77.4 Å². The number of unbranched alkanes of at least 4 members (excludes halogenated alkanes) is 1. The molecule has 0 spiro atoms. The van der Waals surface area contributed by atoms with Gasteiger partial charge in [-0.3, -0.25) is 4.79 Å². The molecule has 5 aromatic carbocycles. The first-order valence-electron chi connectivity index (χ1n) is 16.5. The number of rotatable bonds is 12. The second kappa shape index (κ2) is 14.3. The standard InChI is InChI=1S/C41H35BrN6O/c1-2-3-23-38-43-39(42)37(29-49)47(38)28-30-24-26-31(27-25-30)35-21-13-14-22-36(35)40-44-46-48(45-40)41(32-15-7-4-8-16-32,33-17-9-5-10-18-33)34-19-11-6-12-20-34/h4-22,24-27,29H,2-3,23,28H2,1H3. The first kappa shape index (κ1) is 32.1. The summed E-state index contributed by atoms with van der Waals surface area (Å²) in [5.41, 5.74) is 6.78. The summed E-state index contributed by atoms with van der Waals surface area (Å²) in [6.45, 7) is 2.71. The van der Waals surface area contributed by atoms with E-state index in [-0.39, 0.29) is 0 Å². The van der Waals surface area contributed by atoms with Crippen LogP contribution in [0.1, 0.15) is 58.3 Å². The van der Waals surface area contributed by atoms with Crippen molar-refractivity contribution in [3.8, 4) is 22.5 Å². The zero-order valence-electron chi connectivity index (χ0n) is 27.2. The van der Waals surface area contributed by atoms with Crippen LogP contribution in [0.2, 0.25) is 0 Å². The van der Waals surface area contributed by atoms with E-state index in [4.69, 9.17) is 15.4 Å². The molecule has 0 aliphatic carbocycles. The van der Waals surface area contributed by atoms with Crippen LogP contribution in [-0.2, 0) is 18.5 Å². The molecule has 242 valence electrons. The molecule has 2 heterocycles. The number of benzene rings is 5. The van der Waals surface area contributed by atoms with Crippen molar-refractivity contribution in [2.24, 2.45) is 0 Å². The maximum Gasteiger partial charge on any atom is 0.205 e. The molecule has 0 saturated carbocycles. The van der Waals surface area contributed by atoms with Crippen molar-refractivity contribution in [1.29, 1.82) is 0 Å². The largest absolute Gasteiger partial charge is 0.320 e. The van der Waals surface area contributed by atoms with Gasteiger partial charge in [0.25, 0.3) is 0 Å². The number of carbonyl (C=O) groups is 1. The van der Waals surface area contributed by atoms with Gasteiger partial charge in [0.2, 0.25) is 5.82 Å². The summed E-state index contributed by atoms with van der Waals surface area (Å²) in [4.78, 5) is 18.3. The molecule has 0 bridgehead atoms. The quantitative estimate of drug-likeness (QED) is 0.0936. The van der Waals surface area contributed by atoms with Gasteiger partial charge >= 0.3 is 0 Å². The van der Waals surface area contributed by atoms with Crippen molar-refractivity contribution in [3.63, 3.8) is 0 Å². The Morgan fingerprint density at radius 3 is 1.82 bits per heavy atom. The van der Waals surface area contributed by atoms with E-state index in [1.54, 1.807) is 4.80 Å². The van der Waals surface area contributed by atoms with Crippen LogP contribution in [0, 0.1) is 0 Å². The first-order valence-corrected chi connectivity index (χ1v) is 17.3. The van der Waals surface area contributed by atoms with E-state index < -0.39 is 5.54 Å². The molecule has 0 saturated heterocycles. The van der Waals surface area contributed by atoms with Crippen LogP contribution in [0.3, 0.4) is 0 Å². The summed E-state index contributed by atoms with van der Waals surface area (Å²) >= 11 is 3.48. The molecule has 0 aliphatic rings. The molecule has 2 aromatic heterocycles. The Kier molecular flexibility index (Phi) is 9.39. The smallest absolute Gasteiger partial charge is 0.205 e. The van der Waals surface area contributed by atoms with Crippen LogP contribution in [0.4, 0.5) is 0 Å². The molecule has 7 nitrogen and oxygen atoms in total. The topological polar surface area (TPSA) is 78.5 Å². The molecule has 0 fully saturated rings. The third kappa shape index (κ3) is 6.16. The minimum absolute atomic E-state index is 0.534. The molecule has 49 heavy (non-hydrogen) atoms. The Hall–Kier alpha value is -5.47. The Morgan fingerprint density at radius 1 is 0.714 bits per heavy atom. The minimum Gasteiger partial charge on any atom is -0.320 e. The molecular weight excluding hydrogens is 672 g/mol. The lowest BCUT2D eigenvalue weighted by Gasteiger charge is -2.34. The molecule has 7 rings (SSSR count). The predicted molar refractivity (Wildman–Crippen MR) is 196 cm³/mol. The number of hydrogen-bond donors (Lipinski definition) is 0. The first-order chi connectivity index (χ1) is 24.1. The molecule has 8 heteroatoms. The summed E-state index contributed by atoms with van der Waals surface area (Å²) in [6.07, 6.45) is 3.77. The Morgan fingerprint density at radius 2 is 1.27 bits per heavy atom. The van der Waals surface area contributed by atoms with Crippen LogP contribution >= 0.6 is 15.9 Å². The normalized spacial score (nSPS) is 11.5. The van der Waals surface area contributed by atoms with Gasteiger partial charge in [0.1, 0.15) is 16.1 Å². The highest BCUT2D eigenvalue weighted by molar-refractivity contribution is 9.10. The summed E-state index contributed by atoms with van der Waals surface area (Å²) in [5, 5.41) is 14.6. The van der Waals surface area contributed by atoms with Gasteiger partial charge in [0.15, 0.2) is 11.8 Å². The summed E-state index contributed by atoms with van der Waals surface area (Å²) < 4.78 is 2.60. The fourth-order valence-corrected chi connectivity index (χ4v) is 7.06. The lowest BCUT2D eigenvalue weighted by Crippen LogP contribution is -2.39. The van der Waals surface area contributed by atoms with Crippen LogP contribution in [0.15, 0.2) is 144 Å². The lowest BCUT2D eigenvalue weighted by molar-refractivity contribution is 0.111. The van der Waals surface area contributed by atoms with Crippen LogP contribution in [-0.4, -0.2) is 36.0 Å². The lowest BCUT2D eigenvalue weighted by atomic mass is 9.77. The van der Waals surface area contributed by atoms with Crippen LogP contribution in [0.25, 0.3) is 22.5 Å². The van der Waals surface area contributed by atoms with Crippen LogP contribution < -0.4 is 0 Å². The van der Waals surface area contributed by atoms with E-state index in [1.165, 1.54) is 0 Å². The van der Waals surface area contributed by atoms with Gasteiger partial charge in [0.05, 0.1) is 0 Å². The fraction of sp³-hybridized carbons (Fsp3) is 0.146. The second-order valence-electron chi connectivity index (χ2n) is 12.0. The Balaban J connectivity index is 1.28. The van der Waals surface area contributed by atoms with Crippen molar-refractivity contribution in [3.05, 3.63) is 178 Å². The fourth-order valence-electron chi connectivity index (χ4n) is 6.55. The van der Waals surface area contributed by atoms with Gasteiger partial charge in [-0.1, -0.05) is 153 Å². The third-order valence-corrected chi connectivity index (χ3v) is 9.55. The zero-order chi connectivity index (χ0) is 33.6. The molecule has 0 N–H and O–H groups in total. The number of hydrogen-bond acceptors (Lipinski definition) is 5.